The van der Waals surface area contributed by atoms with E-state index in [-0.39, 0.29) is 6.54 Å². The van der Waals surface area contributed by atoms with Crippen LogP contribution in [-0.4, -0.2) is 55.4 Å². The average Bonchev–Trinajstić information content (AvgIpc) is 3.14. The Labute approximate surface area is 146 Å². The molecule has 0 saturated carbocycles. The Morgan fingerprint density at radius 1 is 1.16 bits per heavy atom. The second kappa shape index (κ2) is 6.93. The molecule has 9 nitrogen and oxygen atoms in total. The summed E-state index contributed by atoms with van der Waals surface area (Å²) in [5, 5.41) is 2.60. The lowest BCUT2D eigenvalue weighted by atomic mass is 10.2. The van der Waals surface area contributed by atoms with Crippen LogP contribution in [0.3, 0.4) is 0 Å². The Hall–Kier alpha value is -2.88. The molecule has 0 radical (unpaired) electrons. The van der Waals surface area contributed by atoms with E-state index >= 15 is 0 Å². The first-order valence-electron chi connectivity index (χ1n) is 7.71. The fourth-order valence-corrected chi connectivity index (χ4v) is 2.99. The van der Waals surface area contributed by atoms with Gasteiger partial charge in [-0.05, 0) is 18.6 Å². The number of imide groups is 2. The molecular weight excluding hydrogens is 346 g/mol. The molecule has 0 aliphatic carbocycles. The third-order valence-corrected chi connectivity index (χ3v) is 4.27. The van der Waals surface area contributed by atoms with Gasteiger partial charge < -0.3 is 5.32 Å². The molecule has 5 amide bonds. The number of hydrogen-bond acceptors (Lipinski definition) is 7. The van der Waals surface area contributed by atoms with E-state index in [1.54, 1.807) is 18.2 Å². The van der Waals surface area contributed by atoms with Gasteiger partial charge in [0.25, 0.3) is 0 Å². The largest absolute Gasteiger partial charge is 0.334 e. The molecule has 10 heteroatoms. The minimum absolute atomic E-state index is 0.168. The van der Waals surface area contributed by atoms with E-state index in [2.05, 4.69) is 14.1 Å². The molecule has 1 aromatic carbocycles. The van der Waals surface area contributed by atoms with Crippen LogP contribution in [0.5, 0.6) is 0 Å². The van der Waals surface area contributed by atoms with Gasteiger partial charge in [0.2, 0.25) is 5.91 Å². The van der Waals surface area contributed by atoms with Crippen LogP contribution < -0.4 is 5.32 Å². The number of carbonyl (C=O) groups is 4. The van der Waals surface area contributed by atoms with E-state index in [1.165, 1.54) is 0 Å². The first-order valence-corrected chi connectivity index (χ1v) is 8.44. The van der Waals surface area contributed by atoms with Gasteiger partial charge in [-0.1, -0.05) is 19.4 Å². The molecule has 1 aliphatic heterocycles. The van der Waals surface area contributed by atoms with E-state index in [9.17, 15) is 19.2 Å². The number of unbranched alkanes of at least 4 members (excludes halogenated alkanes) is 1. The highest BCUT2D eigenvalue weighted by Crippen LogP contribution is 2.21. The van der Waals surface area contributed by atoms with Gasteiger partial charge in [0.05, 0.1) is 17.4 Å². The van der Waals surface area contributed by atoms with Crippen molar-refractivity contribution in [1.82, 2.24) is 18.5 Å². The molecular formula is C15H15N5O4S. The summed E-state index contributed by atoms with van der Waals surface area (Å²) in [5.74, 6) is -2.46. The van der Waals surface area contributed by atoms with Crippen molar-refractivity contribution < 1.29 is 19.2 Å². The predicted molar refractivity (Wildman–Crippen MR) is 89.8 cm³/mol. The number of hydrogen-bond donors (Lipinski definition) is 1. The Morgan fingerprint density at radius 3 is 2.68 bits per heavy atom. The lowest BCUT2D eigenvalue weighted by Crippen LogP contribution is -2.39. The van der Waals surface area contributed by atoms with Gasteiger partial charge >= 0.3 is 17.8 Å². The summed E-state index contributed by atoms with van der Waals surface area (Å²) >= 11 is 1.01. The maximum absolute atomic E-state index is 12.2. The topological polar surface area (TPSA) is 113 Å². The molecule has 0 spiro atoms. The fourth-order valence-electron chi connectivity index (χ4n) is 2.44. The summed E-state index contributed by atoms with van der Waals surface area (Å²) in [6.07, 6.45) is 1.38. The van der Waals surface area contributed by atoms with Crippen molar-refractivity contribution >= 4 is 52.2 Å². The Bertz CT molecular complexity index is 864. The van der Waals surface area contributed by atoms with Crippen molar-refractivity contribution in [3.63, 3.8) is 0 Å². The second-order valence-corrected chi connectivity index (χ2v) is 6.00. The number of aromatic nitrogens is 2. The van der Waals surface area contributed by atoms with Crippen molar-refractivity contribution in [1.29, 1.82) is 0 Å². The molecule has 1 fully saturated rings. The van der Waals surface area contributed by atoms with Crippen molar-refractivity contribution in [3.05, 3.63) is 18.2 Å². The van der Waals surface area contributed by atoms with Gasteiger partial charge in [-0.25, -0.2) is 9.69 Å². The van der Waals surface area contributed by atoms with E-state index in [0.717, 1.165) is 23.0 Å². The quantitative estimate of drug-likeness (QED) is 0.611. The van der Waals surface area contributed by atoms with Crippen LogP contribution >= 0.6 is 11.7 Å². The minimum atomic E-state index is -0.982. The fraction of sp³-hybridized carbons (Fsp3) is 0.333. The van der Waals surface area contributed by atoms with Crippen LogP contribution in [0.25, 0.3) is 11.0 Å². The van der Waals surface area contributed by atoms with Crippen LogP contribution in [0, 0.1) is 0 Å². The van der Waals surface area contributed by atoms with Crippen LogP contribution in [0.4, 0.5) is 10.5 Å². The van der Waals surface area contributed by atoms with Crippen LogP contribution in [0.2, 0.25) is 0 Å². The molecule has 0 atom stereocenters. The van der Waals surface area contributed by atoms with Gasteiger partial charge in [-0.3, -0.25) is 19.3 Å². The van der Waals surface area contributed by atoms with E-state index < -0.39 is 30.3 Å². The number of nitrogens with zero attached hydrogens (tertiary/aromatic N) is 4. The highest BCUT2D eigenvalue weighted by atomic mass is 32.1. The molecule has 0 bridgehead atoms. The molecule has 0 unspecified atom stereocenters. The number of urea groups is 1. The van der Waals surface area contributed by atoms with Gasteiger partial charge in [-0.2, -0.15) is 8.75 Å². The lowest BCUT2D eigenvalue weighted by Gasteiger charge is -2.15. The molecule has 1 N–H and O–H groups in total. The number of benzene rings is 1. The van der Waals surface area contributed by atoms with Crippen molar-refractivity contribution in [2.24, 2.45) is 0 Å². The van der Waals surface area contributed by atoms with Crippen LogP contribution in [0.1, 0.15) is 19.8 Å². The molecule has 25 heavy (non-hydrogen) atoms. The van der Waals surface area contributed by atoms with Gasteiger partial charge in [0.15, 0.2) is 0 Å². The number of fused-ring (bicyclic) bond motifs is 1. The normalized spacial score (nSPS) is 14.7. The van der Waals surface area contributed by atoms with E-state index in [4.69, 9.17) is 0 Å². The molecule has 1 aliphatic rings. The summed E-state index contributed by atoms with van der Waals surface area (Å²) in [7, 11) is 0. The van der Waals surface area contributed by atoms with Crippen LogP contribution in [-0.2, 0) is 14.4 Å². The first kappa shape index (κ1) is 17.0. The summed E-state index contributed by atoms with van der Waals surface area (Å²) in [4.78, 5) is 49.8. The first-order chi connectivity index (χ1) is 12.0. The highest BCUT2D eigenvalue weighted by molar-refractivity contribution is 7.00. The monoisotopic (exact) mass is 361 g/mol. The average molecular weight is 361 g/mol. The zero-order valence-corrected chi connectivity index (χ0v) is 14.2. The Morgan fingerprint density at radius 2 is 1.92 bits per heavy atom. The van der Waals surface area contributed by atoms with Gasteiger partial charge in [0, 0.05) is 6.54 Å². The summed E-state index contributed by atoms with van der Waals surface area (Å²) in [5.41, 5.74) is 1.60. The number of carbonyl (C=O) groups excluding carboxylic acids is 4. The zero-order valence-electron chi connectivity index (χ0n) is 13.4. The smallest absolute Gasteiger partial charge is 0.323 e. The molecule has 1 aromatic heterocycles. The molecule has 130 valence electrons. The van der Waals surface area contributed by atoms with E-state index in [0.29, 0.717) is 28.0 Å². The number of rotatable bonds is 6. The SMILES string of the molecule is CCCCN1C(=O)C(=O)N(CC(=O)Nc2cccc3nsnc23)C1=O. The second-order valence-electron chi connectivity index (χ2n) is 5.47. The maximum atomic E-state index is 12.2. The Balaban J connectivity index is 1.70. The molecule has 3 rings (SSSR count). The van der Waals surface area contributed by atoms with Gasteiger partial charge in [-0.15, -0.1) is 0 Å². The maximum Gasteiger partial charge on any atom is 0.334 e. The summed E-state index contributed by atoms with van der Waals surface area (Å²) in [6, 6.07) is 4.36. The molecule has 2 aromatic rings. The van der Waals surface area contributed by atoms with Crippen molar-refractivity contribution in [3.8, 4) is 0 Å². The van der Waals surface area contributed by atoms with Crippen molar-refractivity contribution in [2.45, 2.75) is 19.8 Å². The predicted octanol–water partition coefficient (Wildman–Crippen LogP) is 1.22. The summed E-state index contributed by atoms with van der Waals surface area (Å²) in [6.45, 7) is 1.55. The molecule has 1 saturated heterocycles. The number of anilines is 1. The minimum Gasteiger partial charge on any atom is -0.323 e. The highest BCUT2D eigenvalue weighted by Gasteiger charge is 2.44. The standard InChI is InChI=1S/C15H15N5O4S/c1-2-3-7-19-13(22)14(23)20(15(19)24)8-11(21)16-9-5-4-6-10-12(9)18-25-17-10/h4-6H,2-3,7-8H2,1H3,(H,16,21). The van der Waals surface area contributed by atoms with Gasteiger partial charge in [0.1, 0.15) is 17.6 Å². The molecule has 2 heterocycles. The number of nitrogens with one attached hydrogen (secondary N) is 1. The summed E-state index contributed by atoms with van der Waals surface area (Å²) < 4.78 is 8.17. The third-order valence-electron chi connectivity index (χ3n) is 3.73. The van der Waals surface area contributed by atoms with Crippen LogP contribution in [0.15, 0.2) is 18.2 Å². The zero-order chi connectivity index (χ0) is 18.0. The third kappa shape index (κ3) is 3.20. The Kier molecular flexibility index (Phi) is 4.70. The lowest BCUT2D eigenvalue weighted by molar-refractivity contribution is -0.143. The number of amides is 5. The van der Waals surface area contributed by atoms with Crippen molar-refractivity contribution in [2.75, 3.05) is 18.4 Å². The van der Waals surface area contributed by atoms with E-state index in [1.807, 2.05) is 6.92 Å².